The van der Waals surface area contributed by atoms with Crippen LogP contribution >= 0.6 is 0 Å². The molecule has 0 aliphatic carbocycles. The number of aliphatic hydroxyl groups is 1. The Bertz CT molecular complexity index is 495. The molecule has 0 aromatic rings. The van der Waals surface area contributed by atoms with Crippen molar-refractivity contribution in [2.45, 2.75) is 219 Å². The predicted molar refractivity (Wildman–Crippen MR) is 173 cm³/mol. The molecule has 0 heterocycles. The zero-order valence-corrected chi connectivity index (χ0v) is 27.3. The molecule has 0 spiro atoms. The zero-order valence-electron chi connectivity index (χ0n) is 27.3. The molecule has 0 radical (unpaired) electrons. The largest absolute Gasteiger partial charge is 0.481 e. The molecule has 4 heteroatoms. The Balaban J connectivity index is 3.67. The summed E-state index contributed by atoms with van der Waals surface area (Å²) in [5, 5.41) is 18.8. The van der Waals surface area contributed by atoms with Crippen LogP contribution in [-0.4, -0.2) is 35.0 Å². The smallest absolute Gasteiger partial charge is 0.303 e. The fourth-order valence-corrected chi connectivity index (χ4v) is 5.74. The molecule has 0 aliphatic rings. The maximum absolute atomic E-state index is 10.6. The topological polar surface area (TPSA) is 66.8 Å². The number of aliphatic carboxylic acids is 1. The van der Waals surface area contributed by atoms with Gasteiger partial charge in [-0.3, -0.25) is 4.79 Å². The van der Waals surface area contributed by atoms with Gasteiger partial charge < -0.3 is 14.9 Å². The number of carbonyl (C=O) groups is 1. The van der Waals surface area contributed by atoms with Crippen LogP contribution in [0.3, 0.4) is 0 Å². The van der Waals surface area contributed by atoms with Crippen molar-refractivity contribution in [2.75, 3.05) is 6.61 Å². The van der Waals surface area contributed by atoms with E-state index in [9.17, 15) is 9.90 Å². The van der Waals surface area contributed by atoms with Crippen LogP contribution in [0.2, 0.25) is 0 Å². The summed E-state index contributed by atoms with van der Waals surface area (Å²) in [4.78, 5) is 10.6. The SMILES string of the molecule is CCCCCCC(O)CCCCCCCCCCCOC(CCCCCC)CCCCCCCCCCC(=O)O. The second-order valence-electron chi connectivity index (χ2n) is 12.6. The molecule has 2 N–H and O–H groups in total. The van der Waals surface area contributed by atoms with Crippen LogP contribution in [-0.2, 0) is 9.53 Å². The first-order chi connectivity index (χ1) is 19.6. The zero-order chi connectivity index (χ0) is 29.4. The summed E-state index contributed by atoms with van der Waals surface area (Å²) in [6, 6.07) is 0. The molecule has 240 valence electrons. The third kappa shape index (κ3) is 31.9. The maximum Gasteiger partial charge on any atom is 0.303 e. The van der Waals surface area contributed by atoms with E-state index in [2.05, 4.69) is 13.8 Å². The van der Waals surface area contributed by atoms with E-state index in [0.29, 0.717) is 12.5 Å². The first kappa shape index (κ1) is 39.4. The lowest BCUT2D eigenvalue weighted by Gasteiger charge is -2.18. The van der Waals surface area contributed by atoms with Gasteiger partial charge in [-0.1, -0.05) is 162 Å². The number of hydrogen-bond acceptors (Lipinski definition) is 3. The average Bonchev–Trinajstić information content (AvgIpc) is 2.94. The van der Waals surface area contributed by atoms with E-state index < -0.39 is 5.97 Å². The third-order valence-electron chi connectivity index (χ3n) is 8.47. The van der Waals surface area contributed by atoms with Crippen molar-refractivity contribution in [1.29, 1.82) is 0 Å². The number of carboxylic acids is 1. The Morgan fingerprint density at radius 3 is 1.27 bits per heavy atom. The maximum atomic E-state index is 10.6. The van der Waals surface area contributed by atoms with Gasteiger partial charge in [-0.15, -0.1) is 0 Å². The van der Waals surface area contributed by atoms with Crippen molar-refractivity contribution >= 4 is 5.97 Å². The summed E-state index contributed by atoms with van der Waals surface area (Å²) >= 11 is 0. The molecule has 40 heavy (non-hydrogen) atoms. The molecule has 0 saturated heterocycles. The van der Waals surface area contributed by atoms with Gasteiger partial charge in [-0.05, 0) is 38.5 Å². The summed E-state index contributed by atoms with van der Waals surface area (Å²) in [5.74, 6) is -0.662. The Hall–Kier alpha value is -0.610. The fraction of sp³-hybridized carbons (Fsp3) is 0.972. The number of unbranched alkanes of at least 4 members (excludes halogenated alkanes) is 21. The number of carboxylic acid groups (broad SMARTS) is 1. The normalized spacial score (nSPS) is 13.1. The third-order valence-corrected chi connectivity index (χ3v) is 8.47. The van der Waals surface area contributed by atoms with E-state index >= 15 is 0 Å². The first-order valence-corrected chi connectivity index (χ1v) is 18.1. The van der Waals surface area contributed by atoms with Gasteiger partial charge in [-0.2, -0.15) is 0 Å². The molecule has 0 fully saturated rings. The Morgan fingerprint density at radius 2 is 0.850 bits per heavy atom. The average molecular weight is 569 g/mol. The van der Waals surface area contributed by atoms with Gasteiger partial charge in [0.25, 0.3) is 0 Å². The summed E-state index contributed by atoms with van der Waals surface area (Å²) in [6.45, 7) is 5.46. The van der Waals surface area contributed by atoms with E-state index in [0.717, 1.165) is 32.3 Å². The highest BCUT2D eigenvalue weighted by molar-refractivity contribution is 5.66. The van der Waals surface area contributed by atoms with Gasteiger partial charge in [0.2, 0.25) is 0 Å². The molecule has 0 rings (SSSR count). The lowest BCUT2D eigenvalue weighted by atomic mass is 10.0. The highest BCUT2D eigenvalue weighted by Gasteiger charge is 2.09. The van der Waals surface area contributed by atoms with Gasteiger partial charge in [0, 0.05) is 13.0 Å². The Morgan fingerprint density at radius 1 is 0.500 bits per heavy atom. The van der Waals surface area contributed by atoms with Gasteiger partial charge >= 0.3 is 5.97 Å². The molecular formula is C36H72O4. The minimum Gasteiger partial charge on any atom is -0.481 e. The van der Waals surface area contributed by atoms with Gasteiger partial charge in [0.1, 0.15) is 0 Å². The first-order valence-electron chi connectivity index (χ1n) is 18.1. The molecule has 2 unspecified atom stereocenters. The quantitative estimate of drug-likeness (QED) is 0.0757. The summed E-state index contributed by atoms with van der Waals surface area (Å²) in [7, 11) is 0. The second-order valence-corrected chi connectivity index (χ2v) is 12.6. The van der Waals surface area contributed by atoms with Gasteiger partial charge in [0.15, 0.2) is 0 Å². The van der Waals surface area contributed by atoms with E-state index in [1.807, 2.05) is 0 Å². The molecule has 4 nitrogen and oxygen atoms in total. The molecule has 0 amide bonds. The highest BCUT2D eigenvalue weighted by Crippen LogP contribution is 2.18. The number of ether oxygens (including phenoxy) is 1. The Labute approximate surface area is 250 Å². The van der Waals surface area contributed by atoms with Crippen LogP contribution in [0.1, 0.15) is 206 Å². The standard InChI is InChI=1S/C36H72O4/c1-3-5-7-22-28-34(37)29-23-18-14-10-9-13-17-21-27-33-40-35(30-24-8-6-4-2)31-25-19-15-11-12-16-20-26-32-36(38)39/h34-35,37H,3-33H2,1-2H3,(H,38,39). The van der Waals surface area contributed by atoms with E-state index in [1.54, 1.807) is 0 Å². The lowest BCUT2D eigenvalue weighted by molar-refractivity contribution is -0.137. The number of aliphatic hydroxyl groups excluding tert-OH is 1. The van der Waals surface area contributed by atoms with Crippen molar-refractivity contribution in [2.24, 2.45) is 0 Å². The van der Waals surface area contributed by atoms with E-state index in [-0.39, 0.29) is 6.10 Å². The minimum atomic E-state index is -0.662. The van der Waals surface area contributed by atoms with Crippen LogP contribution in [0.5, 0.6) is 0 Å². The van der Waals surface area contributed by atoms with E-state index in [1.165, 1.54) is 161 Å². The van der Waals surface area contributed by atoms with Crippen molar-refractivity contribution < 1.29 is 19.7 Å². The summed E-state index contributed by atoms with van der Waals surface area (Å²) in [6.07, 6.45) is 36.8. The predicted octanol–water partition coefficient (Wildman–Crippen LogP) is 11.6. The highest BCUT2D eigenvalue weighted by atomic mass is 16.5. The molecule has 0 aromatic heterocycles. The number of hydrogen-bond donors (Lipinski definition) is 2. The monoisotopic (exact) mass is 569 g/mol. The van der Waals surface area contributed by atoms with Crippen molar-refractivity contribution in [3.63, 3.8) is 0 Å². The lowest BCUT2D eigenvalue weighted by Crippen LogP contribution is -2.14. The summed E-state index contributed by atoms with van der Waals surface area (Å²) in [5.41, 5.74) is 0. The van der Waals surface area contributed by atoms with Crippen LogP contribution < -0.4 is 0 Å². The molecule has 0 bridgehead atoms. The molecule has 0 saturated carbocycles. The molecular weight excluding hydrogens is 496 g/mol. The van der Waals surface area contributed by atoms with Gasteiger partial charge in [-0.25, -0.2) is 0 Å². The minimum absolute atomic E-state index is 0.0609. The van der Waals surface area contributed by atoms with Crippen LogP contribution in [0.15, 0.2) is 0 Å². The van der Waals surface area contributed by atoms with Crippen LogP contribution in [0.4, 0.5) is 0 Å². The van der Waals surface area contributed by atoms with E-state index in [4.69, 9.17) is 9.84 Å². The molecule has 2 atom stereocenters. The molecule has 0 aliphatic heterocycles. The molecule has 0 aromatic carbocycles. The van der Waals surface area contributed by atoms with Crippen molar-refractivity contribution in [3.05, 3.63) is 0 Å². The summed E-state index contributed by atoms with van der Waals surface area (Å²) < 4.78 is 6.37. The number of rotatable bonds is 34. The van der Waals surface area contributed by atoms with Crippen molar-refractivity contribution in [1.82, 2.24) is 0 Å². The van der Waals surface area contributed by atoms with Crippen molar-refractivity contribution in [3.8, 4) is 0 Å². The second kappa shape index (κ2) is 32.9. The Kier molecular flexibility index (Phi) is 32.4. The fourth-order valence-electron chi connectivity index (χ4n) is 5.74. The van der Waals surface area contributed by atoms with Gasteiger partial charge in [0.05, 0.1) is 12.2 Å². The van der Waals surface area contributed by atoms with Crippen LogP contribution in [0, 0.1) is 0 Å². The van der Waals surface area contributed by atoms with Crippen LogP contribution in [0.25, 0.3) is 0 Å².